The molecule has 0 saturated carbocycles. The maximum absolute atomic E-state index is 11.8. The van der Waals surface area contributed by atoms with Crippen molar-refractivity contribution in [3.05, 3.63) is 23.1 Å². The van der Waals surface area contributed by atoms with E-state index in [0.29, 0.717) is 5.82 Å². The summed E-state index contributed by atoms with van der Waals surface area (Å²) in [6.45, 7) is 3.85. The molecule has 0 spiro atoms. The smallest absolute Gasteiger partial charge is 0.291 e. The molecule has 0 aliphatic carbocycles. The average Bonchev–Trinajstić information content (AvgIpc) is 2.85. The van der Waals surface area contributed by atoms with E-state index in [9.17, 15) is 13.2 Å². The number of carbonyl (C=O) groups is 1. The Bertz CT molecular complexity index is 588. The van der Waals surface area contributed by atoms with Gasteiger partial charge in [-0.05, 0) is 6.08 Å². The zero-order chi connectivity index (χ0) is 13.3. The Hall–Kier alpha value is -1.70. The fraction of sp³-hybridized carbons (Fsp3) is 0.500. The van der Waals surface area contributed by atoms with Gasteiger partial charge in [0.2, 0.25) is 5.82 Å². The molecule has 0 radical (unpaired) electrons. The van der Waals surface area contributed by atoms with E-state index in [0.717, 1.165) is 5.41 Å². The number of hydrogen-bond acceptors (Lipinski definition) is 5. The molecular formula is C10H14N4O3S. The number of rotatable bonds is 3. The van der Waals surface area contributed by atoms with Crippen LogP contribution < -0.4 is 5.32 Å². The van der Waals surface area contributed by atoms with E-state index < -0.39 is 21.8 Å². The number of nitrogens with one attached hydrogen (secondary N) is 2. The summed E-state index contributed by atoms with van der Waals surface area (Å²) in [6, 6.07) is -0.511. The Morgan fingerprint density at radius 3 is 2.78 bits per heavy atom. The lowest BCUT2D eigenvalue weighted by molar-refractivity contribution is 0.0937. The largest absolute Gasteiger partial charge is 0.342 e. The minimum atomic E-state index is -3.18. The van der Waals surface area contributed by atoms with Crippen LogP contribution in [0.1, 0.15) is 36.2 Å². The quantitative estimate of drug-likeness (QED) is 0.802. The van der Waals surface area contributed by atoms with Gasteiger partial charge in [0.05, 0.1) is 11.8 Å². The molecule has 1 aliphatic heterocycles. The Balaban J connectivity index is 2.02. The molecule has 0 bridgehead atoms. The van der Waals surface area contributed by atoms with Crippen molar-refractivity contribution in [2.24, 2.45) is 0 Å². The molecule has 0 saturated heterocycles. The molecule has 1 aromatic heterocycles. The lowest BCUT2D eigenvalue weighted by atomic mass is 10.2. The predicted molar refractivity (Wildman–Crippen MR) is 64.7 cm³/mol. The molecule has 1 amide bonds. The first kappa shape index (κ1) is 12.7. The van der Waals surface area contributed by atoms with Crippen molar-refractivity contribution in [1.82, 2.24) is 20.5 Å². The highest BCUT2D eigenvalue weighted by atomic mass is 32.2. The standard InChI is InChI=1S/C10H14N4O3S/c1-6(2)8-12-9(14-13-8)10(15)11-7-3-4-18(16,17)5-7/h3-4,6-7H,5H2,1-2H3,(H,11,15)(H,12,13,14). The number of nitrogens with zero attached hydrogens (tertiary/aromatic N) is 2. The van der Waals surface area contributed by atoms with Gasteiger partial charge in [0.15, 0.2) is 9.84 Å². The number of aromatic nitrogens is 3. The highest BCUT2D eigenvalue weighted by molar-refractivity contribution is 7.94. The second-order valence-electron chi connectivity index (χ2n) is 4.44. The van der Waals surface area contributed by atoms with Crippen LogP contribution in [0, 0.1) is 0 Å². The lowest BCUT2D eigenvalue weighted by Crippen LogP contribution is -2.36. The molecule has 7 nitrogen and oxygen atoms in total. The molecule has 1 unspecified atom stereocenters. The van der Waals surface area contributed by atoms with E-state index in [1.807, 2.05) is 13.8 Å². The molecule has 2 N–H and O–H groups in total. The minimum absolute atomic E-state index is 0.0244. The van der Waals surface area contributed by atoms with Gasteiger partial charge in [-0.25, -0.2) is 13.4 Å². The van der Waals surface area contributed by atoms with Crippen molar-refractivity contribution in [2.45, 2.75) is 25.8 Å². The Labute approximate surface area is 105 Å². The number of H-pyrrole nitrogens is 1. The van der Waals surface area contributed by atoms with Gasteiger partial charge in [-0.1, -0.05) is 13.8 Å². The lowest BCUT2D eigenvalue weighted by Gasteiger charge is -2.07. The minimum Gasteiger partial charge on any atom is -0.342 e. The molecule has 2 rings (SSSR count). The van der Waals surface area contributed by atoms with E-state index in [2.05, 4.69) is 20.5 Å². The molecule has 8 heteroatoms. The highest BCUT2D eigenvalue weighted by Gasteiger charge is 2.24. The number of aromatic amines is 1. The second kappa shape index (κ2) is 4.52. The number of amides is 1. The van der Waals surface area contributed by atoms with E-state index >= 15 is 0 Å². The average molecular weight is 270 g/mol. The fourth-order valence-electron chi connectivity index (χ4n) is 1.53. The van der Waals surface area contributed by atoms with Crippen LogP contribution in [0.5, 0.6) is 0 Å². The van der Waals surface area contributed by atoms with Crippen molar-refractivity contribution < 1.29 is 13.2 Å². The SMILES string of the molecule is CC(C)c1nc(C(=O)NC2C=CS(=O)(=O)C2)n[nH]1. The summed E-state index contributed by atoms with van der Waals surface area (Å²) in [4.78, 5) is 15.8. The van der Waals surface area contributed by atoms with E-state index in [-0.39, 0.29) is 17.5 Å². The summed E-state index contributed by atoms with van der Waals surface area (Å²) in [5.41, 5.74) is 0. The van der Waals surface area contributed by atoms with Crippen LogP contribution in [0.4, 0.5) is 0 Å². The van der Waals surface area contributed by atoms with Gasteiger partial charge in [0.1, 0.15) is 5.82 Å². The molecule has 0 aromatic carbocycles. The fourth-order valence-corrected chi connectivity index (χ4v) is 2.77. The first-order valence-corrected chi connectivity index (χ1v) is 7.23. The topological polar surface area (TPSA) is 105 Å². The van der Waals surface area contributed by atoms with E-state index in [4.69, 9.17) is 0 Å². The van der Waals surface area contributed by atoms with E-state index in [1.54, 1.807) is 0 Å². The third-order valence-electron chi connectivity index (χ3n) is 2.50. The highest BCUT2D eigenvalue weighted by Crippen LogP contribution is 2.10. The van der Waals surface area contributed by atoms with Gasteiger partial charge in [-0.3, -0.25) is 9.89 Å². The van der Waals surface area contributed by atoms with Gasteiger partial charge >= 0.3 is 0 Å². The van der Waals surface area contributed by atoms with Crippen molar-refractivity contribution in [1.29, 1.82) is 0 Å². The second-order valence-corrected chi connectivity index (χ2v) is 6.37. The molecule has 18 heavy (non-hydrogen) atoms. The first-order chi connectivity index (χ1) is 8.37. The van der Waals surface area contributed by atoms with Crippen LogP contribution in [0.3, 0.4) is 0 Å². The molecule has 2 heterocycles. The summed E-state index contributed by atoms with van der Waals surface area (Å²) in [5, 5.41) is 10.1. The molecule has 0 fully saturated rings. The molecule has 98 valence electrons. The summed E-state index contributed by atoms with van der Waals surface area (Å²) in [7, 11) is -3.18. The maximum Gasteiger partial charge on any atom is 0.291 e. The molecular weight excluding hydrogens is 256 g/mol. The van der Waals surface area contributed by atoms with Crippen molar-refractivity contribution in [2.75, 3.05) is 5.75 Å². The van der Waals surface area contributed by atoms with Gasteiger partial charge in [0, 0.05) is 11.3 Å². The molecule has 1 aliphatic rings. The third-order valence-corrected chi connectivity index (χ3v) is 3.89. The summed E-state index contributed by atoms with van der Waals surface area (Å²) < 4.78 is 22.4. The zero-order valence-electron chi connectivity index (χ0n) is 10.0. The van der Waals surface area contributed by atoms with Crippen molar-refractivity contribution in [3.8, 4) is 0 Å². The predicted octanol–water partition coefficient (Wildman–Crippen LogP) is -0.0314. The Kier molecular flexibility index (Phi) is 3.20. The number of sulfone groups is 1. The third kappa shape index (κ3) is 2.76. The number of carbonyl (C=O) groups excluding carboxylic acids is 1. The molecule has 1 atom stereocenters. The van der Waals surface area contributed by atoms with Crippen LogP contribution in [-0.2, 0) is 9.84 Å². The summed E-state index contributed by atoms with van der Waals surface area (Å²) >= 11 is 0. The van der Waals surface area contributed by atoms with Crippen LogP contribution >= 0.6 is 0 Å². The number of hydrogen-bond donors (Lipinski definition) is 2. The first-order valence-electron chi connectivity index (χ1n) is 5.51. The summed E-state index contributed by atoms with van der Waals surface area (Å²) in [6.07, 6.45) is 1.45. The normalized spacial score (nSPS) is 21.4. The zero-order valence-corrected chi connectivity index (χ0v) is 10.9. The Morgan fingerprint density at radius 2 is 2.28 bits per heavy atom. The van der Waals surface area contributed by atoms with Crippen LogP contribution in [0.25, 0.3) is 0 Å². The van der Waals surface area contributed by atoms with E-state index in [1.165, 1.54) is 6.08 Å². The van der Waals surface area contributed by atoms with Gasteiger partial charge in [-0.15, -0.1) is 5.10 Å². The van der Waals surface area contributed by atoms with Gasteiger partial charge < -0.3 is 5.32 Å². The van der Waals surface area contributed by atoms with Crippen molar-refractivity contribution >= 4 is 15.7 Å². The van der Waals surface area contributed by atoms with Gasteiger partial charge in [0.25, 0.3) is 5.91 Å². The van der Waals surface area contributed by atoms with Crippen LogP contribution in [0.15, 0.2) is 11.5 Å². The van der Waals surface area contributed by atoms with Crippen molar-refractivity contribution in [3.63, 3.8) is 0 Å². The van der Waals surface area contributed by atoms with Crippen LogP contribution in [0.2, 0.25) is 0 Å². The monoisotopic (exact) mass is 270 g/mol. The Morgan fingerprint density at radius 1 is 1.56 bits per heavy atom. The maximum atomic E-state index is 11.8. The van der Waals surface area contributed by atoms with Gasteiger partial charge in [-0.2, -0.15) is 0 Å². The van der Waals surface area contributed by atoms with Crippen LogP contribution in [-0.4, -0.2) is 41.3 Å². The molecule has 1 aromatic rings. The summed E-state index contributed by atoms with van der Waals surface area (Å²) in [5.74, 6) is 0.196.